The van der Waals surface area contributed by atoms with Crippen molar-refractivity contribution in [2.45, 2.75) is 0 Å². The third-order valence-electron chi connectivity index (χ3n) is 10.9. The average Bonchev–Trinajstić information content (AvgIpc) is 3.89. The van der Waals surface area contributed by atoms with Crippen LogP contribution >= 0.6 is 0 Å². The van der Waals surface area contributed by atoms with Crippen LogP contribution in [0.25, 0.3) is 88.6 Å². The molecule has 0 N–H and O–H groups in total. The molecule has 0 atom stereocenters. The van der Waals surface area contributed by atoms with Crippen LogP contribution in [0.2, 0.25) is 0 Å². The van der Waals surface area contributed by atoms with Gasteiger partial charge < -0.3 is 13.7 Å². The largest absolute Gasteiger partial charge is 0.454 e. The minimum absolute atomic E-state index is 0.555. The molecule has 0 aliphatic heterocycles. The van der Waals surface area contributed by atoms with Gasteiger partial charge in [0.2, 0.25) is 5.89 Å². The molecule has 11 rings (SSSR count). The van der Waals surface area contributed by atoms with Crippen LogP contribution in [0.4, 0.5) is 17.1 Å². The lowest BCUT2D eigenvalue weighted by molar-refractivity contribution is 0.620. The first-order chi connectivity index (χ1) is 28.3. The van der Waals surface area contributed by atoms with Gasteiger partial charge in [-0.25, -0.2) is 4.98 Å². The highest BCUT2D eigenvalue weighted by Crippen LogP contribution is 2.49. The Kier molecular flexibility index (Phi) is 7.78. The Morgan fingerprint density at radius 3 is 1.75 bits per heavy atom. The van der Waals surface area contributed by atoms with Gasteiger partial charge in [0.05, 0.1) is 0 Å². The zero-order chi connectivity index (χ0) is 37.7. The quantitative estimate of drug-likeness (QED) is 0.164. The van der Waals surface area contributed by atoms with Gasteiger partial charge in [-0.3, -0.25) is 0 Å². The van der Waals surface area contributed by atoms with E-state index in [0.29, 0.717) is 17.0 Å². The first kappa shape index (κ1) is 32.7. The molecule has 57 heavy (non-hydrogen) atoms. The molecule has 268 valence electrons. The zero-order valence-electron chi connectivity index (χ0n) is 30.8. The predicted molar refractivity (Wildman–Crippen MR) is 235 cm³/mol. The third-order valence-corrected chi connectivity index (χ3v) is 10.9. The highest BCUT2D eigenvalue weighted by Gasteiger charge is 2.27. The molecule has 0 fully saturated rings. The van der Waals surface area contributed by atoms with E-state index in [1.54, 1.807) is 0 Å². The number of nitrogens with zero attached hydrogens (tertiary/aromatic N) is 2. The number of furan rings is 1. The molecule has 0 amide bonds. The molecule has 9 aromatic carbocycles. The number of hydrogen-bond donors (Lipinski definition) is 0. The summed E-state index contributed by atoms with van der Waals surface area (Å²) in [4.78, 5) is 7.54. The first-order valence-corrected chi connectivity index (χ1v) is 19.2. The maximum absolute atomic E-state index is 6.86. The summed E-state index contributed by atoms with van der Waals surface area (Å²) < 4.78 is 13.5. The van der Waals surface area contributed by atoms with E-state index < -0.39 is 0 Å². The fourth-order valence-electron chi connectivity index (χ4n) is 8.20. The van der Waals surface area contributed by atoms with E-state index in [2.05, 4.69) is 163 Å². The van der Waals surface area contributed by atoms with Crippen molar-refractivity contribution in [2.75, 3.05) is 4.90 Å². The Morgan fingerprint density at radius 1 is 0.368 bits per heavy atom. The maximum Gasteiger partial charge on any atom is 0.227 e. The molecule has 0 spiro atoms. The molecule has 11 aromatic rings. The van der Waals surface area contributed by atoms with Crippen molar-refractivity contribution in [3.05, 3.63) is 206 Å². The Balaban J connectivity index is 1.22. The minimum atomic E-state index is 0.555. The Labute approximate surface area is 329 Å². The van der Waals surface area contributed by atoms with Crippen molar-refractivity contribution in [3.8, 4) is 44.8 Å². The zero-order valence-corrected chi connectivity index (χ0v) is 30.8. The average molecular weight is 731 g/mol. The van der Waals surface area contributed by atoms with Crippen molar-refractivity contribution in [2.24, 2.45) is 0 Å². The molecule has 2 heterocycles. The van der Waals surface area contributed by atoms with E-state index in [0.717, 1.165) is 72.4 Å². The number of oxazole rings is 1. The van der Waals surface area contributed by atoms with E-state index in [1.165, 1.54) is 16.3 Å². The molecular formula is C53H34N2O2. The molecule has 4 heteroatoms. The van der Waals surface area contributed by atoms with Crippen molar-refractivity contribution >= 4 is 60.9 Å². The van der Waals surface area contributed by atoms with E-state index in [1.807, 2.05) is 48.5 Å². The van der Waals surface area contributed by atoms with Crippen LogP contribution in [-0.2, 0) is 0 Å². The second kappa shape index (κ2) is 13.6. The molecule has 0 radical (unpaired) electrons. The highest BCUT2D eigenvalue weighted by molar-refractivity contribution is 6.18. The summed E-state index contributed by atoms with van der Waals surface area (Å²) in [7, 11) is 0. The van der Waals surface area contributed by atoms with Gasteiger partial charge in [0.25, 0.3) is 0 Å². The van der Waals surface area contributed by atoms with Gasteiger partial charge in [-0.05, 0) is 92.7 Å². The second-order valence-electron chi connectivity index (χ2n) is 14.3. The van der Waals surface area contributed by atoms with Crippen molar-refractivity contribution in [3.63, 3.8) is 0 Å². The van der Waals surface area contributed by atoms with Crippen molar-refractivity contribution in [1.82, 2.24) is 4.98 Å². The Hall–Kier alpha value is -7.69. The molecule has 4 nitrogen and oxygen atoms in total. The van der Waals surface area contributed by atoms with E-state index >= 15 is 0 Å². The summed E-state index contributed by atoms with van der Waals surface area (Å²) in [5.41, 5.74) is 13.5. The summed E-state index contributed by atoms with van der Waals surface area (Å²) in [6.45, 7) is 0. The fraction of sp³-hybridized carbons (Fsp3) is 0. The number of aromatic nitrogens is 1. The molecule has 0 aliphatic carbocycles. The standard InChI is InChI=1S/C53H34N2O2/c1-4-15-35(16-5-1)36-27-29-40(30-28-36)55(41-31-32-44(46(33-41)38-17-6-2-7-18-38)43-25-14-22-37-19-10-11-23-42(37)43)51-50-49(57-53(54-50)39-20-8-3-9-21-39)34-47-45-24-12-13-26-48(45)56-52(47)51/h1-34H. The van der Waals surface area contributed by atoms with Gasteiger partial charge >= 0.3 is 0 Å². The summed E-state index contributed by atoms with van der Waals surface area (Å²) in [5, 5.41) is 4.40. The topological polar surface area (TPSA) is 42.4 Å². The first-order valence-electron chi connectivity index (χ1n) is 19.2. The third kappa shape index (κ3) is 5.66. The van der Waals surface area contributed by atoms with Gasteiger partial charge in [-0.1, -0.05) is 158 Å². The number of rotatable bonds is 7. The van der Waals surface area contributed by atoms with Crippen LogP contribution in [0.5, 0.6) is 0 Å². The van der Waals surface area contributed by atoms with Gasteiger partial charge in [0, 0.05) is 27.7 Å². The fourth-order valence-corrected chi connectivity index (χ4v) is 8.20. The van der Waals surface area contributed by atoms with E-state index in [9.17, 15) is 0 Å². The Bertz CT molecular complexity index is 3220. The summed E-state index contributed by atoms with van der Waals surface area (Å²) in [6, 6.07) is 72.2. The number of benzene rings is 9. The van der Waals surface area contributed by atoms with Crippen LogP contribution in [0, 0.1) is 0 Å². The maximum atomic E-state index is 6.86. The monoisotopic (exact) mass is 730 g/mol. The smallest absolute Gasteiger partial charge is 0.227 e. The molecule has 0 bridgehead atoms. The van der Waals surface area contributed by atoms with Gasteiger partial charge in [-0.15, -0.1) is 0 Å². The van der Waals surface area contributed by atoms with Gasteiger partial charge in [0.1, 0.15) is 16.8 Å². The van der Waals surface area contributed by atoms with Gasteiger partial charge in [-0.2, -0.15) is 0 Å². The van der Waals surface area contributed by atoms with Crippen LogP contribution in [0.1, 0.15) is 0 Å². The molecule has 0 saturated carbocycles. The molecule has 0 saturated heterocycles. The predicted octanol–water partition coefficient (Wildman–Crippen LogP) is 15.0. The van der Waals surface area contributed by atoms with Crippen molar-refractivity contribution in [1.29, 1.82) is 0 Å². The summed E-state index contributed by atoms with van der Waals surface area (Å²) in [6.07, 6.45) is 0. The van der Waals surface area contributed by atoms with Gasteiger partial charge in [0.15, 0.2) is 11.2 Å². The molecule has 0 aliphatic rings. The number of anilines is 3. The molecular weight excluding hydrogens is 697 g/mol. The van der Waals surface area contributed by atoms with Crippen LogP contribution in [0.3, 0.4) is 0 Å². The number of hydrogen-bond acceptors (Lipinski definition) is 4. The SMILES string of the molecule is c1ccc(-c2ccc(N(c3ccc(-c4cccc5ccccc45)c(-c4ccccc4)c3)c3c4nc(-c5ccccc5)oc4cc4c3oc3ccccc34)cc2)cc1. The van der Waals surface area contributed by atoms with Crippen LogP contribution in [-0.4, -0.2) is 4.98 Å². The number of fused-ring (bicyclic) bond motifs is 5. The normalized spacial score (nSPS) is 11.5. The summed E-state index contributed by atoms with van der Waals surface area (Å²) in [5.74, 6) is 0.555. The second-order valence-corrected chi connectivity index (χ2v) is 14.3. The minimum Gasteiger partial charge on any atom is -0.454 e. The lowest BCUT2D eigenvalue weighted by Gasteiger charge is -2.27. The van der Waals surface area contributed by atoms with Crippen LogP contribution in [0.15, 0.2) is 215 Å². The number of para-hydroxylation sites is 1. The van der Waals surface area contributed by atoms with Crippen molar-refractivity contribution < 1.29 is 8.83 Å². The van der Waals surface area contributed by atoms with E-state index in [-0.39, 0.29) is 0 Å². The lowest BCUT2D eigenvalue weighted by atomic mass is 9.90. The highest BCUT2D eigenvalue weighted by atomic mass is 16.4. The van der Waals surface area contributed by atoms with E-state index in [4.69, 9.17) is 13.8 Å². The summed E-state index contributed by atoms with van der Waals surface area (Å²) >= 11 is 0. The van der Waals surface area contributed by atoms with Crippen LogP contribution < -0.4 is 4.90 Å². The lowest BCUT2D eigenvalue weighted by Crippen LogP contribution is -2.11. The molecule has 2 aromatic heterocycles. The Morgan fingerprint density at radius 2 is 0.982 bits per heavy atom. The molecule has 0 unspecified atom stereocenters.